The maximum absolute atomic E-state index is 11.6. The molecule has 0 spiro atoms. The van der Waals surface area contributed by atoms with Gasteiger partial charge in [-0.15, -0.1) is 0 Å². The third kappa shape index (κ3) is 2.53. The predicted molar refractivity (Wildman–Crippen MR) is 66.7 cm³/mol. The summed E-state index contributed by atoms with van der Waals surface area (Å²) in [5.41, 5.74) is 2.73. The summed E-state index contributed by atoms with van der Waals surface area (Å²) in [6.45, 7) is 12.3. The Hall–Kier alpha value is -0.963. The minimum absolute atomic E-state index is 0.137. The van der Waals surface area contributed by atoms with Gasteiger partial charge in [-0.3, -0.25) is 9.78 Å². The Kier molecular flexibility index (Phi) is 3.14. The molecule has 1 heterocycles. The number of aromatic nitrogens is 1. The van der Waals surface area contributed by atoms with Crippen molar-refractivity contribution in [3.63, 3.8) is 0 Å². The minimum Gasteiger partial charge on any atom is -0.294 e. The van der Waals surface area contributed by atoms with E-state index >= 15 is 0 Å². The van der Waals surface area contributed by atoms with Crippen molar-refractivity contribution in [2.45, 2.75) is 40.4 Å². The molecule has 0 bridgehead atoms. The maximum atomic E-state index is 11.6. The second-order valence-corrected chi connectivity index (χ2v) is 10.1. The molecule has 0 radical (unpaired) electrons. The molecule has 0 N–H and O–H groups in total. The van der Waals surface area contributed by atoms with Crippen molar-refractivity contribution < 1.29 is 4.79 Å². The zero-order valence-electron chi connectivity index (χ0n) is 10.4. The van der Waals surface area contributed by atoms with Gasteiger partial charge in [0.05, 0.1) is 8.07 Å². The Bertz CT molecular complexity index is 405. The summed E-state index contributed by atoms with van der Waals surface area (Å²) in [5.74, 6) is 0.137. The van der Waals surface area contributed by atoms with Crippen LogP contribution in [0.1, 0.15) is 28.7 Å². The fourth-order valence-corrected chi connectivity index (χ4v) is 3.61. The number of nitrogens with zero attached hydrogens (tertiary/aromatic N) is 1. The second kappa shape index (κ2) is 3.89. The van der Waals surface area contributed by atoms with Gasteiger partial charge in [-0.25, -0.2) is 0 Å². The molecular formula is C12H19NOSi. The molecular weight excluding hydrogens is 202 g/mol. The van der Waals surface area contributed by atoms with Crippen molar-refractivity contribution >= 4 is 19.0 Å². The lowest BCUT2D eigenvalue weighted by Gasteiger charge is -2.21. The van der Waals surface area contributed by atoms with E-state index < -0.39 is 8.07 Å². The van der Waals surface area contributed by atoms with Crippen molar-refractivity contribution in [2.75, 3.05) is 0 Å². The van der Waals surface area contributed by atoms with Gasteiger partial charge < -0.3 is 0 Å². The third-order valence-corrected chi connectivity index (χ3v) is 4.50. The van der Waals surface area contributed by atoms with Crippen molar-refractivity contribution in [2.24, 2.45) is 0 Å². The molecule has 0 atom stereocenters. The second-order valence-electron chi connectivity index (χ2n) is 5.08. The first-order valence-corrected chi connectivity index (χ1v) is 8.73. The van der Waals surface area contributed by atoms with Crippen LogP contribution in [-0.2, 0) is 0 Å². The number of aryl methyl sites for hydroxylation is 2. The van der Waals surface area contributed by atoms with Crippen LogP contribution < -0.4 is 5.19 Å². The van der Waals surface area contributed by atoms with Gasteiger partial charge in [-0.2, -0.15) is 0 Å². The first-order valence-electron chi connectivity index (χ1n) is 5.23. The highest BCUT2D eigenvalue weighted by Crippen LogP contribution is 2.12. The Morgan fingerprint density at radius 2 is 1.80 bits per heavy atom. The first kappa shape index (κ1) is 12.1. The number of ketones is 1. The van der Waals surface area contributed by atoms with E-state index in [9.17, 15) is 4.79 Å². The standard InChI is InChI=1S/C12H19NOSi/c1-8-7-11(15(4,5)6)12(10(3)14)9(2)13-8/h7H,1-6H3. The van der Waals surface area contributed by atoms with Crippen LogP contribution in [0.2, 0.25) is 19.6 Å². The predicted octanol–water partition coefficient (Wildman–Crippen LogP) is 2.45. The zero-order valence-corrected chi connectivity index (χ0v) is 11.4. The Morgan fingerprint density at radius 1 is 1.27 bits per heavy atom. The summed E-state index contributed by atoms with van der Waals surface area (Å²) >= 11 is 0. The summed E-state index contributed by atoms with van der Waals surface area (Å²) in [6.07, 6.45) is 0. The van der Waals surface area contributed by atoms with Crippen LogP contribution in [0.15, 0.2) is 6.07 Å². The number of Topliss-reactive ketones (excluding diaryl/α,β-unsaturated/α-hetero) is 1. The molecule has 1 aromatic heterocycles. The van der Waals surface area contributed by atoms with Gasteiger partial charge in [0.25, 0.3) is 0 Å². The van der Waals surface area contributed by atoms with Crippen molar-refractivity contribution in [3.05, 3.63) is 23.0 Å². The number of carbonyl (C=O) groups is 1. The average molecular weight is 221 g/mol. The fraction of sp³-hybridized carbons (Fsp3) is 0.500. The third-order valence-electron chi connectivity index (χ3n) is 2.49. The smallest absolute Gasteiger partial charge is 0.161 e. The SMILES string of the molecule is CC(=O)c1c([Si](C)(C)C)cc(C)nc1C. The number of hydrogen-bond acceptors (Lipinski definition) is 2. The summed E-state index contributed by atoms with van der Waals surface area (Å²) < 4.78 is 0. The van der Waals surface area contributed by atoms with Crippen molar-refractivity contribution in [1.82, 2.24) is 4.98 Å². The fourth-order valence-electron chi connectivity index (χ4n) is 1.86. The van der Waals surface area contributed by atoms with E-state index in [1.54, 1.807) is 6.92 Å². The van der Waals surface area contributed by atoms with Crippen LogP contribution in [0.3, 0.4) is 0 Å². The summed E-state index contributed by atoms with van der Waals surface area (Å²) in [5, 5.41) is 1.24. The molecule has 1 aromatic rings. The lowest BCUT2D eigenvalue weighted by Crippen LogP contribution is -2.42. The molecule has 0 saturated heterocycles. The molecule has 0 unspecified atom stereocenters. The van der Waals surface area contributed by atoms with Gasteiger partial charge in [-0.05, 0) is 32.0 Å². The van der Waals surface area contributed by atoms with Crippen LogP contribution in [-0.4, -0.2) is 18.8 Å². The van der Waals surface area contributed by atoms with E-state index in [-0.39, 0.29) is 5.78 Å². The largest absolute Gasteiger partial charge is 0.294 e. The van der Waals surface area contributed by atoms with Crippen LogP contribution in [0.25, 0.3) is 0 Å². The summed E-state index contributed by atoms with van der Waals surface area (Å²) in [6, 6.07) is 2.08. The van der Waals surface area contributed by atoms with Gasteiger partial charge in [0, 0.05) is 17.0 Å². The highest BCUT2D eigenvalue weighted by Gasteiger charge is 2.24. The van der Waals surface area contributed by atoms with Gasteiger partial charge in [0.2, 0.25) is 0 Å². The van der Waals surface area contributed by atoms with E-state index in [2.05, 4.69) is 30.7 Å². The molecule has 1 rings (SSSR count). The van der Waals surface area contributed by atoms with Crippen LogP contribution in [0.5, 0.6) is 0 Å². The minimum atomic E-state index is -1.46. The maximum Gasteiger partial charge on any atom is 0.161 e. The highest BCUT2D eigenvalue weighted by atomic mass is 28.3. The number of hydrogen-bond donors (Lipinski definition) is 0. The number of rotatable bonds is 2. The quantitative estimate of drug-likeness (QED) is 0.567. The van der Waals surface area contributed by atoms with Gasteiger partial charge in [-0.1, -0.05) is 19.6 Å². The molecule has 2 nitrogen and oxygen atoms in total. The topological polar surface area (TPSA) is 30.0 Å². The number of carbonyl (C=O) groups excluding carboxylic acids is 1. The molecule has 0 aliphatic heterocycles. The van der Waals surface area contributed by atoms with E-state index in [1.165, 1.54) is 5.19 Å². The Balaban J connectivity index is 3.54. The van der Waals surface area contributed by atoms with Gasteiger partial charge in [0.1, 0.15) is 0 Å². The van der Waals surface area contributed by atoms with Crippen molar-refractivity contribution in [3.8, 4) is 0 Å². The molecule has 0 aliphatic carbocycles. The molecule has 0 aliphatic rings. The molecule has 0 fully saturated rings. The van der Waals surface area contributed by atoms with E-state index in [1.807, 2.05) is 13.8 Å². The molecule has 82 valence electrons. The molecule has 0 saturated carbocycles. The normalized spacial score (nSPS) is 11.6. The van der Waals surface area contributed by atoms with Gasteiger partial charge >= 0.3 is 0 Å². The molecule has 0 aromatic carbocycles. The molecule has 3 heteroatoms. The first-order chi connectivity index (χ1) is 6.73. The van der Waals surface area contributed by atoms with E-state index in [4.69, 9.17) is 0 Å². The van der Waals surface area contributed by atoms with Crippen LogP contribution in [0.4, 0.5) is 0 Å². The van der Waals surface area contributed by atoms with Crippen LogP contribution >= 0.6 is 0 Å². The Morgan fingerprint density at radius 3 is 2.20 bits per heavy atom. The molecule has 0 amide bonds. The number of pyridine rings is 1. The lowest BCUT2D eigenvalue weighted by atomic mass is 10.1. The monoisotopic (exact) mass is 221 g/mol. The van der Waals surface area contributed by atoms with Gasteiger partial charge in [0.15, 0.2) is 5.78 Å². The highest BCUT2D eigenvalue weighted by molar-refractivity contribution is 6.89. The Labute approximate surface area is 92.7 Å². The van der Waals surface area contributed by atoms with E-state index in [0.717, 1.165) is 17.0 Å². The van der Waals surface area contributed by atoms with E-state index in [0.29, 0.717) is 0 Å². The average Bonchev–Trinajstić information content (AvgIpc) is 1.99. The lowest BCUT2D eigenvalue weighted by molar-refractivity contribution is 0.101. The summed E-state index contributed by atoms with van der Waals surface area (Å²) in [7, 11) is -1.46. The summed E-state index contributed by atoms with van der Waals surface area (Å²) in [4.78, 5) is 16.0. The van der Waals surface area contributed by atoms with Crippen molar-refractivity contribution in [1.29, 1.82) is 0 Å². The zero-order chi connectivity index (χ0) is 11.8. The molecule has 15 heavy (non-hydrogen) atoms. The van der Waals surface area contributed by atoms with Crippen LogP contribution in [0, 0.1) is 13.8 Å².